The third-order valence-electron chi connectivity index (χ3n) is 3.20. The lowest BCUT2D eigenvalue weighted by Gasteiger charge is -2.17. The zero-order chi connectivity index (χ0) is 14.5. The van der Waals surface area contributed by atoms with Crippen molar-refractivity contribution in [3.8, 4) is 5.69 Å². The number of nitrogens with zero attached hydrogens (tertiary/aromatic N) is 2. The summed E-state index contributed by atoms with van der Waals surface area (Å²) in [7, 11) is 1.82. The highest BCUT2D eigenvalue weighted by molar-refractivity contribution is 7.71. The van der Waals surface area contributed by atoms with Crippen molar-refractivity contribution in [1.82, 2.24) is 14.5 Å². The van der Waals surface area contributed by atoms with E-state index in [0.717, 1.165) is 25.1 Å². The fourth-order valence-electron chi connectivity index (χ4n) is 2.05. The summed E-state index contributed by atoms with van der Waals surface area (Å²) in [5, 5.41) is 0. The summed E-state index contributed by atoms with van der Waals surface area (Å²) in [6.45, 7) is 2.86. The molecule has 5 heteroatoms. The van der Waals surface area contributed by atoms with Crippen LogP contribution in [0.1, 0.15) is 30.3 Å². The number of carbonyl (C=O) groups excluding carboxylic acids is 1. The Morgan fingerprint density at radius 1 is 1.35 bits per heavy atom. The van der Waals surface area contributed by atoms with Gasteiger partial charge in [-0.3, -0.25) is 9.36 Å². The Morgan fingerprint density at radius 3 is 2.70 bits per heavy atom. The van der Waals surface area contributed by atoms with E-state index in [-0.39, 0.29) is 5.91 Å². The lowest BCUT2D eigenvalue weighted by molar-refractivity contribution is 0.0785. The summed E-state index contributed by atoms with van der Waals surface area (Å²) in [6.07, 6.45) is 3.74. The summed E-state index contributed by atoms with van der Waals surface area (Å²) in [5.41, 5.74) is 1.46. The van der Waals surface area contributed by atoms with Gasteiger partial charge in [-0.2, -0.15) is 0 Å². The Balaban J connectivity index is 2.35. The van der Waals surface area contributed by atoms with Gasteiger partial charge in [-0.05, 0) is 30.8 Å². The molecule has 0 saturated carbocycles. The number of aromatic amines is 1. The third kappa shape index (κ3) is 2.99. The van der Waals surface area contributed by atoms with Crippen molar-refractivity contribution < 1.29 is 4.79 Å². The van der Waals surface area contributed by atoms with Gasteiger partial charge in [0.2, 0.25) is 0 Å². The van der Waals surface area contributed by atoms with Crippen molar-refractivity contribution >= 4 is 18.1 Å². The average molecular weight is 289 g/mol. The summed E-state index contributed by atoms with van der Waals surface area (Å²) in [4.78, 5) is 17.2. The number of hydrogen-bond acceptors (Lipinski definition) is 2. The van der Waals surface area contributed by atoms with Gasteiger partial charge in [0.25, 0.3) is 5.91 Å². The van der Waals surface area contributed by atoms with E-state index >= 15 is 0 Å². The van der Waals surface area contributed by atoms with Crippen LogP contribution >= 0.6 is 12.2 Å². The fraction of sp³-hybridized carbons (Fsp3) is 0.333. The Labute approximate surface area is 124 Å². The zero-order valence-corrected chi connectivity index (χ0v) is 12.6. The van der Waals surface area contributed by atoms with Crippen molar-refractivity contribution in [2.24, 2.45) is 0 Å². The number of imidazole rings is 1. The molecule has 20 heavy (non-hydrogen) atoms. The average Bonchev–Trinajstić information content (AvgIpc) is 2.86. The van der Waals surface area contributed by atoms with Crippen molar-refractivity contribution in [2.75, 3.05) is 13.6 Å². The molecule has 1 aromatic carbocycles. The number of nitrogens with one attached hydrogen (secondary N) is 1. The van der Waals surface area contributed by atoms with Gasteiger partial charge >= 0.3 is 0 Å². The third-order valence-corrected chi connectivity index (χ3v) is 3.50. The van der Waals surface area contributed by atoms with Gasteiger partial charge in [0.05, 0.1) is 0 Å². The molecule has 0 aliphatic rings. The quantitative estimate of drug-likeness (QED) is 0.857. The molecule has 4 nitrogen and oxygen atoms in total. The predicted molar refractivity (Wildman–Crippen MR) is 82.8 cm³/mol. The van der Waals surface area contributed by atoms with E-state index < -0.39 is 0 Å². The van der Waals surface area contributed by atoms with Crippen LogP contribution in [-0.2, 0) is 0 Å². The van der Waals surface area contributed by atoms with Crippen LogP contribution in [0.3, 0.4) is 0 Å². The predicted octanol–water partition coefficient (Wildman–Crippen LogP) is 3.41. The van der Waals surface area contributed by atoms with Gasteiger partial charge in [0, 0.05) is 25.5 Å². The lowest BCUT2D eigenvalue weighted by Crippen LogP contribution is -2.29. The molecule has 2 aromatic rings. The van der Waals surface area contributed by atoms with Crippen molar-refractivity contribution in [1.29, 1.82) is 0 Å². The molecule has 0 atom stereocenters. The largest absolute Gasteiger partial charge is 0.340 e. The van der Waals surface area contributed by atoms with E-state index in [1.54, 1.807) is 15.7 Å². The highest BCUT2D eigenvalue weighted by Gasteiger charge is 2.17. The molecule has 0 aliphatic heterocycles. The molecule has 106 valence electrons. The summed E-state index contributed by atoms with van der Waals surface area (Å²) >= 11 is 5.28. The Hall–Kier alpha value is -1.88. The van der Waals surface area contributed by atoms with E-state index in [9.17, 15) is 4.79 Å². The van der Waals surface area contributed by atoms with Crippen LogP contribution in [-0.4, -0.2) is 34.0 Å². The monoisotopic (exact) mass is 289 g/mol. The van der Waals surface area contributed by atoms with Crippen LogP contribution in [0.4, 0.5) is 0 Å². The highest BCUT2D eigenvalue weighted by atomic mass is 32.1. The first-order valence-corrected chi connectivity index (χ1v) is 7.17. The second-order valence-electron chi connectivity index (χ2n) is 4.73. The van der Waals surface area contributed by atoms with Crippen LogP contribution in [0.2, 0.25) is 0 Å². The highest BCUT2D eigenvalue weighted by Crippen LogP contribution is 2.14. The molecule has 1 heterocycles. The molecule has 0 saturated heterocycles. The number of aromatic nitrogens is 2. The van der Waals surface area contributed by atoms with E-state index in [4.69, 9.17) is 12.2 Å². The Bertz CT molecular complexity index is 630. The number of amides is 1. The molecule has 2 rings (SSSR count). The first-order chi connectivity index (χ1) is 9.65. The molecule has 0 fully saturated rings. The fourth-order valence-corrected chi connectivity index (χ4v) is 2.31. The molecular formula is C15H19N3OS. The van der Waals surface area contributed by atoms with Crippen LogP contribution in [0, 0.1) is 4.77 Å². The number of rotatable bonds is 5. The van der Waals surface area contributed by atoms with Crippen LogP contribution in [0.25, 0.3) is 5.69 Å². The molecule has 1 amide bonds. The Morgan fingerprint density at radius 2 is 2.05 bits per heavy atom. The van der Waals surface area contributed by atoms with Gasteiger partial charge in [-0.15, -0.1) is 0 Å². The maximum atomic E-state index is 12.5. The first-order valence-electron chi connectivity index (χ1n) is 6.76. The van der Waals surface area contributed by atoms with E-state index in [2.05, 4.69) is 11.9 Å². The molecule has 0 unspecified atom stereocenters. The molecule has 0 bridgehead atoms. The molecular weight excluding hydrogens is 270 g/mol. The maximum Gasteiger partial charge on any atom is 0.272 e. The van der Waals surface area contributed by atoms with E-state index in [1.807, 2.05) is 37.4 Å². The molecule has 1 N–H and O–H groups in total. The van der Waals surface area contributed by atoms with Gasteiger partial charge < -0.3 is 9.88 Å². The summed E-state index contributed by atoms with van der Waals surface area (Å²) in [5.74, 6) is -0.0188. The number of para-hydroxylation sites is 1. The topological polar surface area (TPSA) is 41.0 Å². The summed E-state index contributed by atoms with van der Waals surface area (Å²) in [6, 6.07) is 9.67. The molecule has 1 aromatic heterocycles. The van der Waals surface area contributed by atoms with E-state index in [0.29, 0.717) is 10.5 Å². The molecule has 0 aliphatic carbocycles. The SMILES string of the molecule is CCCCN(C)C(=O)c1c[nH]c(=S)n1-c1ccccc1. The van der Waals surface area contributed by atoms with Gasteiger partial charge in [-0.1, -0.05) is 31.5 Å². The van der Waals surface area contributed by atoms with E-state index in [1.165, 1.54) is 0 Å². The minimum absolute atomic E-state index is 0.0188. The minimum atomic E-state index is -0.0188. The zero-order valence-electron chi connectivity index (χ0n) is 11.8. The van der Waals surface area contributed by atoms with Crippen LogP contribution in [0.5, 0.6) is 0 Å². The van der Waals surface area contributed by atoms with Crippen LogP contribution in [0.15, 0.2) is 36.5 Å². The minimum Gasteiger partial charge on any atom is -0.340 e. The maximum absolute atomic E-state index is 12.5. The smallest absolute Gasteiger partial charge is 0.272 e. The summed E-state index contributed by atoms with van der Waals surface area (Å²) < 4.78 is 2.31. The number of unbranched alkanes of at least 4 members (excludes halogenated alkanes) is 1. The van der Waals surface area contributed by atoms with Gasteiger partial charge in [-0.25, -0.2) is 0 Å². The van der Waals surface area contributed by atoms with Crippen molar-refractivity contribution in [2.45, 2.75) is 19.8 Å². The number of carbonyl (C=O) groups is 1. The second kappa shape index (κ2) is 6.52. The standard InChI is InChI=1S/C15H19N3OS/c1-3-4-10-17(2)14(19)13-11-16-15(20)18(13)12-8-6-5-7-9-12/h5-9,11H,3-4,10H2,1-2H3,(H,16,20). The van der Waals surface area contributed by atoms with Crippen molar-refractivity contribution in [3.05, 3.63) is 47.0 Å². The molecule has 0 spiro atoms. The number of hydrogen-bond donors (Lipinski definition) is 1. The van der Waals surface area contributed by atoms with Crippen molar-refractivity contribution in [3.63, 3.8) is 0 Å². The molecule has 0 radical (unpaired) electrons. The lowest BCUT2D eigenvalue weighted by atomic mass is 10.3. The second-order valence-corrected chi connectivity index (χ2v) is 5.12. The number of benzene rings is 1. The van der Waals surface area contributed by atoms with Gasteiger partial charge in [0.1, 0.15) is 5.69 Å². The normalized spacial score (nSPS) is 10.5. The van der Waals surface area contributed by atoms with Gasteiger partial charge in [0.15, 0.2) is 4.77 Å². The Kier molecular flexibility index (Phi) is 4.74. The number of H-pyrrole nitrogens is 1. The first kappa shape index (κ1) is 14.5. The van der Waals surface area contributed by atoms with Crippen LogP contribution < -0.4 is 0 Å².